The minimum absolute atomic E-state index is 0.0252. The molecular formula is C19H26N4O3. The molecular weight excluding hydrogens is 332 g/mol. The molecule has 140 valence electrons. The number of rotatable bonds is 6. The third-order valence-electron chi connectivity index (χ3n) is 4.58. The minimum Gasteiger partial charge on any atom is -0.375 e. The number of aryl methyl sites for hydroxylation is 2. The molecule has 1 saturated heterocycles. The lowest BCUT2D eigenvalue weighted by molar-refractivity contribution is -0.0257. The van der Waals surface area contributed by atoms with Crippen molar-refractivity contribution in [2.45, 2.75) is 32.3 Å². The summed E-state index contributed by atoms with van der Waals surface area (Å²) in [5.74, 6) is 1.15. The van der Waals surface area contributed by atoms with Gasteiger partial charge in [-0.15, -0.1) is 0 Å². The monoisotopic (exact) mass is 358 g/mol. The third kappa shape index (κ3) is 4.40. The summed E-state index contributed by atoms with van der Waals surface area (Å²) in [5.41, 5.74) is 2.02. The summed E-state index contributed by atoms with van der Waals surface area (Å²) in [7, 11) is 3.96. The highest BCUT2D eigenvalue weighted by Crippen LogP contribution is 2.17. The number of pyridine rings is 1. The molecule has 2 aromatic heterocycles. The van der Waals surface area contributed by atoms with Crippen molar-refractivity contribution in [2.24, 2.45) is 0 Å². The number of ether oxygens (including phenoxy) is 1. The van der Waals surface area contributed by atoms with Crippen LogP contribution in [0.5, 0.6) is 0 Å². The van der Waals surface area contributed by atoms with Crippen molar-refractivity contribution < 1.29 is 14.1 Å². The summed E-state index contributed by atoms with van der Waals surface area (Å²) < 4.78 is 11.0. The average Bonchev–Trinajstić information content (AvgIpc) is 3.15. The summed E-state index contributed by atoms with van der Waals surface area (Å²) in [4.78, 5) is 20.7. The van der Waals surface area contributed by atoms with E-state index < -0.39 is 0 Å². The Morgan fingerprint density at radius 1 is 1.38 bits per heavy atom. The van der Waals surface area contributed by atoms with Crippen LogP contribution in [0.15, 0.2) is 28.9 Å². The van der Waals surface area contributed by atoms with Gasteiger partial charge in [0.1, 0.15) is 5.82 Å². The SMILES string of the molecule is CCc1cc(C(=O)N2CCO[C@@H](CCc3ccnc(N(C)C)c3)C2)on1. The van der Waals surface area contributed by atoms with Crippen LogP contribution in [0.2, 0.25) is 0 Å². The van der Waals surface area contributed by atoms with Crippen LogP contribution in [-0.4, -0.2) is 60.8 Å². The van der Waals surface area contributed by atoms with Gasteiger partial charge in [-0.3, -0.25) is 4.79 Å². The van der Waals surface area contributed by atoms with E-state index in [1.165, 1.54) is 5.56 Å². The molecule has 7 nitrogen and oxygen atoms in total. The van der Waals surface area contributed by atoms with Gasteiger partial charge >= 0.3 is 0 Å². The van der Waals surface area contributed by atoms with Crippen molar-refractivity contribution in [3.05, 3.63) is 41.4 Å². The quantitative estimate of drug-likeness (QED) is 0.788. The molecule has 3 rings (SSSR count). The Morgan fingerprint density at radius 3 is 2.96 bits per heavy atom. The topological polar surface area (TPSA) is 71.7 Å². The van der Waals surface area contributed by atoms with E-state index in [9.17, 15) is 4.79 Å². The first-order valence-corrected chi connectivity index (χ1v) is 9.05. The number of morpholine rings is 1. The van der Waals surface area contributed by atoms with Gasteiger partial charge in [0.25, 0.3) is 5.91 Å². The van der Waals surface area contributed by atoms with Crippen molar-refractivity contribution in [1.29, 1.82) is 0 Å². The molecule has 0 unspecified atom stereocenters. The van der Waals surface area contributed by atoms with E-state index in [-0.39, 0.29) is 12.0 Å². The normalized spacial score (nSPS) is 17.3. The molecule has 0 aromatic carbocycles. The molecule has 3 heterocycles. The maximum atomic E-state index is 12.6. The molecule has 0 bridgehead atoms. The molecule has 0 radical (unpaired) electrons. The zero-order valence-corrected chi connectivity index (χ0v) is 15.6. The summed E-state index contributed by atoms with van der Waals surface area (Å²) in [6, 6.07) is 5.85. The van der Waals surface area contributed by atoms with E-state index in [4.69, 9.17) is 9.26 Å². The lowest BCUT2D eigenvalue weighted by Crippen LogP contribution is -2.45. The lowest BCUT2D eigenvalue weighted by Gasteiger charge is -2.32. The maximum Gasteiger partial charge on any atom is 0.292 e. The highest BCUT2D eigenvalue weighted by Gasteiger charge is 2.27. The van der Waals surface area contributed by atoms with E-state index in [2.05, 4.69) is 16.2 Å². The Kier molecular flexibility index (Phi) is 5.88. The summed E-state index contributed by atoms with van der Waals surface area (Å²) in [5, 5.41) is 3.90. The van der Waals surface area contributed by atoms with Crippen LogP contribution < -0.4 is 4.90 Å². The van der Waals surface area contributed by atoms with E-state index in [1.807, 2.05) is 38.2 Å². The first-order chi connectivity index (χ1) is 12.6. The summed E-state index contributed by atoms with van der Waals surface area (Å²) >= 11 is 0. The standard InChI is InChI=1S/C19H26N4O3/c1-4-15-12-17(26-21-15)19(24)23-9-10-25-16(13-23)6-5-14-7-8-20-18(11-14)22(2)3/h7-8,11-12,16H,4-6,9-10,13H2,1-3H3/t16-/m0/s1. The second kappa shape index (κ2) is 8.31. The van der Waals surface area contributed by atoms with Crippen molar-refractivity contribution in [3.8, 4) is 0 Å². The van der Waals surface area contributed by atoms with Gasteiger partial charge in [0.15, 0.2) is 0 Å². The predicted molar refractivity (Wildman–Crippen MR) is 98.4 cm³/mol. The molecule has 1 atom stereocenters. The van der Waals surface area contributed by atoms with E-state index in [0.717, 1.165) is 30.8 Å². The van der Waals surface area contributed by atoms with Gasteiger partial charge in [-0.1, -0.05) is 12.1 Å². The van der Waals surface area contributed by atoms with Crippen LogP contribution in [0.1, 0.15) is 35.2 Å². The molecule has 0 aliphatic carbocycles. The number of amides is 1. The van der Waals surface area contributed by atoms with E-state index in [0.29, 0.717) is 25.5 Å². The smallest absolute Gasteiger partial charge is 0.292 e. The Bertz CT molecular complexity index is 744. The fraction of sp³-hybridized carbons (Fsp3) is 0.526. The van der Waals surface area contributed by atoms with Crippen LogP contribution in [0.4, 0.5) is 5.82 Å². The van der Waals surface area contributed by atoms with Crippen molar-refractivity contribution in [3.63, 3.8) is 0 Å². The van der Waals surface area contributed by atoms with Crippen molar-refractivity contribution in [2.75, 3.05) is 38.7 Å². The number of aromatic nitrogens is 2. The average molecular weight is 358 g/mol. The Hall–Kier alpha value is -2.41. The Balaban J connectivity index is 1.56. The van der Waals surface area contributed by atoms with Crippen LogP contribution in [0.25, 0.3) is 0 Å². The van der Waals surface area contributed by atoms with Crippen LogP contribution in [-0.2, 0) is 17.6 Å². The molecule has 0 N–H and O–H groups in total. The molecule has 1 aliphatic rings. The molecule has 1 fully saturated rings. The van der Waals surface area contributed by atoms with Crippen LogP contribution >= 0.6 is 0 Å². The number of carbonyl (C=O) groups excluding carboxylic acids is 1. The van der Waals surface area contributed by atoms with Gasteiger partial charge in [-0.25, -0.2) is 4.98 Å². The Morgan fingerprint density at radius 2 is 2.23 bits per heavy atom. The van der Waals surface area contributed by atoms with Gasteiger partial charge in [0.05, 0.1) is 18.4 Å². The minimum atomic E-state index is -0.107. The third-order valence-corrected chi connectivity index (χ3v) is 4.58. The fourth-order valence-electron chi connectivity index (χ4n) is 3.00. The zero-order valence-electron chi connectivity index (χ0n) is 15.6. The van der Waals surface area contributed by atoms with Gasteiger partial charge < -0.3 is 19.1 Å². The summed E-state index contributed by atoms with van der Waals surface area (Å²) in [6.07, 6.45) is 4.36. The zero-order chi connectivity index (χ0) is 18.5. The maximum absolute atomic E-state index is 12.6. The highest BCUT2D eigenvalue weighted by molar-refractivity contribution is 5.91. The molecule has 0 spiro atoms. The first kappa shape index (κ1) is 18.4. The lowest BCUT2D eigenvalue weighted by atomic mass is 10.1. The second-order valence-electron chi connectivity index (χ2n) is 6.74. The predicted octanol–water partition coefficient (Wildman–Crippen LogP) is 2.17. The van der Waals surface area contributed by atoms with E-state index in [1.54, 1.807) is 11.0 Å². The van der Waals surface area contributed by atoms with Crippen molar-refractivity contribution in [1.82, 2.24) is 15.0 Å². The number of carbonyl (C=O) groups is 1. The van der Waals surface area contributed by atoms with Crippen LogP contribution in [0.3, 0.4) is 0 Å². The highest BCUT2D eigenvalue weighted by atomic mass is 16.5. The number of hydrogen-bond donors (Lipinski definition) is 0. The second-order valence-corrected chi connectivity index (χ2v) is 6.74. The van der Waals surface area contributed by atoms with Gasteiger partial charge in [-0.2, -0.15) is 0 Å². The molecule has 1 amide bonds. The van der Waals surface area contributed by atoms with Gasteiger partial charge in [-0.05, 0) is 37.0 Å². The van der Waals surface area contributed by atoms with Crippen molar-refractivity contribution >= 4 is 11.7 Å². The summed E-state index contributed by atoms with van der Waals surface area (Å²) in [6.45, 7) is 3.69. The molecule has 0 saturated carbocycles. The van der Waals surface area contributed by atoms with Gasteiger partial charge in [0, 0.05) is 39.4 Å². The van der Waals surface area contributed by atoms with Gasteiger partial charge in [0.2, 0.25) is 5.76 Å². The first-order valence-electron chi connectivity index (χ1n) is 9.05. The molecule has 1 aliphatic heterocycles. The number of hydrogen-bond acceptors (Lipinski definition) is 6. The molecule has 7 heteroatoms. The largest absolute Gasteiger partial charge is 0.375 e. The fourth-order valence-corrected chi connectivity index (χ4v) is 3.00. The molecule has 26 heavy (non-hydrogen) atoms. The Labute approximate surface area is 153 Å². The van der Waals surface area contributed by atoms with Crippen LogP contribution in [0, 0.1) is 0 Å². The number of anilines is 1. The number of nitrogens with zero attached hydrogens (tertiary/aromatic N) is 4. The molecule has 2 aromatic rings. The van der Waals surface area contributed by atoms with E-state index >= 15 is 0 Å².